The molecule has 1 fully saturated rings. The van der Waals surface area contributed by atoms with Gasteiger partial charge >= 0.3 is 0 Å². The Labute approximate surface area is 66.9 Å². The normalized spacial score (nSPS) is 36.1. The number of allylic oxidation sites excluding steroid dienone is 1. The fraction of sp³-hybridized carbons (Fsp3) is 0.667. The molecule has 0 bridgehead atoms. The number of hydrogen-bond acceptors (Lipinski definition) is 2. The first-order valence-corrected chi connectivity index (χ1v) is 3.84. The van der Waals surface area contributed by atoms with Gasteiger partial charge < -0.3 is 5.11 Å². The van der Waals surface area contributed by atoms with Crippen molar-refractivity contribution in [2.24, 2.45) is 5.92 Å². The molecule has 0 unspecified atom stereocenters. The summed E-state index contributed by atoms with van der Waals surface area (Å²) in [5, 5.41) is 9.33. The molecule has 0 atom stereocenters. The second-order valence-electron chi connectivity index (χ2n) is 3.75. The van der Waals surface area contributed by atoms with Crippen molar-refractivity contribution in [1.29, 1.82) is 0 Å². The van der Waals surface area contributed by atoms with Crippen molar-refractivity contribution >= 4 is 5.78 Å². The first-order chi connectivity index (χ1) is 4.92. The summed E-state index contributed by atoms with van der Waals surface area (Å²) in [7, 11) is 0. The molecule has 1 aliphatic rings. The molecule has 11 heavy (non-hydrogen) atoms. The number of aliphatic hydroxyl groups is 1. The largest absolute Gasteiger partial charge is 0.390 e. The Bertz CT molecular complexity index is 196. The third-order valence-electron chi connectivity index (χ3n) is 2.16. The van der Waals surface area contributed by atoms with Gasteiger partial charge in [-0.05, 0) is 32.3 Å². The summed E-state index contributed by atoms with van der Waals surface area (Å²) in [4.78, 5) is 11.2. The topological polar surface area (TPSA) is 37.3 Å². The molecule has 0 radical (unpaired) electrons. The van der Waals surface area contributed by atoms with Crippen LogP contribution in [-0.4, -0.2) is 16.5 Å². The summed E-state index contributed by atoms with van der Waals surface area (Å²) in [5.41, 5.74) is 0.000903. The van der Waals surface area contributed by atoms with Crippen LogP contribution >= 0.6 is 0 Å². The molecule has 1 saturated carbocycles. The van der Waals surface area contributed by atoms with E-state index in [0.717, 1.165) is 0 Å². The van der Waals surface area contributed by atoms with Crippen molar-refractivity contribution < 1.29 is 9.90 Å². The SMILES string of the molecule is C=C(C)C(=O)C1CC(C)(O)C1. The second kappa shape index (κ2) is 2.45. The Hall–Kier alpha value is -0.630. The van der Waals surface area contributed by atoms with Gasteiger partial charge in [-0.15, -0.1) is 0 Å². The highest BCUT2D eigenvalue weighted by Gasteiger charge is 2.42. The average molecular weight is 154 g/mol. The minimum atomic E-state index is -0.601. The zero-order valence-electron chi connectivity index (χ0n) is 7.05. The minimum absolute atomic E-state index is 0.0301. The number of rotatable bonds is 2. The highest BCUT2D eigenvalue weighted by atomic mass is 16.3. The van der Waals surface area contributed by atoms with Crippen LogP contribution in [0.15, 0.2) is 12.2 Å². The van der Waals surface area contributed by atoms with Crippen LogP contribution in [0.25, 0.3) is 0 Å². The quantitative estimate of drug-likeness (QED) is 0.608. The van der Waals surface area contributed by atoms with E-state index in [-0.39, 0.29) is 11.7 Å². The molecule has 62 valence electrons. The maximum Gasteiger partial charge on any atom is 0.161 e. The number of Topliss-reactive ketones (excluding diaryl/α,β-unsaturated/α-hetero) is 1. The molecule has 1 N–H and O–H groups in total. The third kappa shape index (κ3) is 1.69. The van der Waals surface area contributed by atoms with Gasteiger partial charge in [-0.25, -0.2) is 0 Å². The average Bonchev–Trinajstić information content (AvgIpc) is 1.80. The molecule has 0 saturated heterocycles. The molecular weight excluding hydrogens is 140 g/mol. The Morgan fingerprint density at radius 1 is 1.64 bits per heavy atom. The van der Waals surface area contributed by atoms with Crippen LogP contribution in [0.5, 0.6) is 0 Å². The van der Waals surface area contributed by atoms with Gasteiger partial charge in [0.15, 0.2) is 5.78 Å². The maximum absolute atomic E-state index is 11.2. The van der Waals surface area contributed by atoms with Gasteiger partial charge in [0.2, 0.25) is 0 Å². The van der Waals surface area contributed by atoms with E-state index in [9.17, 15) is 9.90 Å². The van der Waals surface area contributed by atoms with Crippen LogP contribution in [0.1, 0.15) is 26.7 Å². The van der Waals surface area contributed by atoms with Gasteiger partial charge in [-0.1, -0.05) is 6.58 Å². The number of carbonyl (C=O) groups excluding carboxylic acids is 1. The molecule has 0 heterocycles. The lowest BCUT2D eigenvalue weighted by Crippen LogP contribution is -2.44. The fourth-order valence-electron chi connectivity index (χ4n) is 1.54. The lowest BCUT2D eigenvalue weighted by molar-refractivity contribution is -0.132. The molecular formula is C9H14O2. The number of hydrogen-bond donors (Lipinski definition) is 1. The zero-order chi connectivity index (χ0) is 8.65. The van der Waals surface area contributed by atoms with E-state index >= 15 is 0 Å². The van der Waals surface area contributed by atoms with E-state index < -0.39 is 5.60 Å². The highest BCUT2D eigenvalue weighted by molar-refractivity contribution is 5.96. The highest BCUT2D eigenvalue weighted by Crippen LogP contribution is 2.38. The molecule has 0 aromatic heterocycles. The van der Waals surface area contributed by atoms with Crippen molar-refractivity contribution in [3.8, 4) is 0 Å². The van der Waals surface area contributed by atoms with Crippen LogP contribution < -0.4 is 0 Å². The Morgan fingerprint density at radius 2 is 2.09 bits per heavy atom. The number of ketones is 1. The first-order valence-electron chi connectivity index (χ1n) is 3.84. The number of carbonyl (C=O) groups is 1. The van der Waals surface area contributed by atoms with Crippen LogP contribution in [0.2, 0.25) is 0 Å². The van der Waals surface area contributed by atoms with Crippen LogP contribution in [0.3, 0.4) is 0 Å². The smallest absolute Gasteiger partial charge is 0.161 e. The molecule has 0 aromatic rings. The van der Waals surface area contributed by atoms with Crippen LogP contribution in [-0.2, 0) is 4.79 Å². The molecule has 0 spiro atoms. The Morgan fingerprint density at radius 3 is 2.36 bits per heavy atom. The summed E-state index contributed by atoms with van der Waals surface area (Å²) in [6, 6.07) is 0. The standard InChI is InChI=1S/C9H14O2/c1-6(2)8(10)7-4-9(3,11)5-7/h7,11H,1,4-5H2,2-3H3. The van der Waals surface area contributed by atoms with Crippen molar-refractivity contribution in [2.45, 2.75) is 32.3 Å². The molecule has 0 amide bonds. The fourth-order valence-corrected chi connectivity index (χ4v) is 1.54. The predicted octanol–water partition coefficient (Wildman–Crippen LogP) is 1.29. The third-order valence-corrected chi connectivity index (χ3v) is 2.16. The molecule has 0 aliphatic heterocycles. The van der Waals surface area contributed by atoms with Crippen molar-refractivity contribution in [1.82, 2.24) is 0 Å². The lowest BCUT2D eigenvalue weighted by atomic mass is 9.69. The summed E-state index contributed by atoms with van der Waals surface area (Å²) in [6.07, 6.45) is 1.19. The van der Waals surface area contributed by atoms with Crippen LogP contribution in [0.4, 0.5) is 0 Å². The van der Waals surface area contributed by atoms with Gasteiger partial charge in [0, 0.05) is 5.92 Å². The molecule has 2 nitrogen and oxygen atoms in total. The van der Waals surface area contributed by atoms with Crippen molar-refractivity contribution in [3.63, 3.8) is 0 Å². The van der Waals surface area contributed by atoms with Gasteiger partial charge in [0.25, 0.3) is 0 Å². The summed E-state index contributed by atoms with van der Waals surface area (Å²) < 4.78 is 0. The lowest BCUT2D eigenvalue weighted by Gasteiger charge is -2.39. The van der Waals surface area contributed by atoms with Gasteiger partial charge in [-0.2, -0.15) is 0 Å². The van der Waals surface area contributed by atoms with Gasteiger partial charge in [-0.3, -0.25) is 4.79 Å². The van der Waals surface area contributed by atoms with E-state index in [0.29, 0.717) is 18.4 Å². The molecule has 0 aromatic carbocycles. The van der Waals surface area contributed by atoms with E-state index in [2.05, 4.69) is 6.58 Å². The summed E-state index contributed by atoms with van der Waals surface area (Å²) >= 11 is 0. The first kappa shape index (κ1) is 8.47. The Kier molecular flexibility index (Phi) is 1.89. The summed E-state index contributed by atoms with van der Waals surface area (Å²) in [6.45, 7) is 7.05. The predicted molar refractivity (Wildman–Crippen MR) is 43.2 cm³/mol. The monoisotopic (exact) mass is 154 g/mol. The van der Waals surface area contributed by atoms with E-state index in [1.54, 1.807) is 13.8 Å². The molecule has 1 rings (SSSR count). The van der Waals surface area contributed by atoms with Crippen LogP contribution in [0, 0.1) is 5.92 Å². The molecule has 1 aliphatic carbocycles. The van der Waals surface area contributed by atoms with E-state index in [4.69, 9.17) is 0 Å². The zero-order valence-corrected chi connectivity index (χ0v) is 7.05. The van der Waals surface area contributed by atoms with E-state index in [1.807, 2.05) is 0 Å². The van der Waals surface area contributed by atoms with Gasteiger partial charge in [0.05, 0.1) is 5.60 Å². The Balaban J connectivity index is 2.45. The molecule has 2 heteroatoms. The van der Waals surface area contributed by atoms with Crippen molar-refractivity contribution in [2.75, 3.05) is 0 Å². The van der Waals surface area contributed by atoms with Crippen molar-refractivity contribution in [3.05, 3.63) is 12.2 Å². The second-order valence-corrected chi connectivity index (χ2v) is 3.75. The van der Waals surface area contributed by atoms with Gasteiger partial charge in [0.1, 0.15) is 0 Å². The summed E-state index contributed by atoms with van der Waals surface area (Å²) in [5.74, 6) is 0.138. The minimum Gasteiger partial charge on any atom is -0.390 e. The maximum atomic E-state index is 11.2. The van der Waals surface area contributed by atoms with E-state index in [1.165, 1.54) is 0 Å².